The minimum Gasteiger partial charge on any atom is -0.444 e. The van der Waals surface area contributed by atoms with Crippen LogP contribution in [0.15, 0.2) is 30.3 Å². The fourth-order valence-corrected chi connectivity index (χ4v) is 3.06. The molecule has 0 spiro atoms. The van der Waals surface area contributed by atoms with Gasteiger partial charge in [0.05, 0.1) is 19.3 Å². The van der Waals surface area contributed by atoms with E-state index in [1.807, 2.05) is 69.5 Å². The predicted molar refractivity (Wildman–Crippen MR) is 115 cm³/mol. The summed E-state index contributed by atoms with van der Waals surface area (Å²) < 4.78 is 7.48. The number of amides is 2. The summed E-state index contributed by atoms with van der Waals surface area (Å²) in [5.41, 5.74) is 1.27. The molecule has 8 nitrogen and oxygen atoms in total. The zero-order valence-electron chi connectivity index (χ0n) is 18.9. The van der Waals surface area contributed by atoms with E-state index >= 15 is 0 Å². The molecule has 1 aliphatic heterocycles. The molecule has 0 saturated heterocycles. The highest BCUT2D eigenvalue weighted by Crippen LogP contribution is 2.28. The van der Waals surface area contributed by atoms with Gasteiger partial charge < -0.3 is 14.2 Å². The number of nitrogens with zero attached hydrogens (tertiary/aromatic N) is 4. The normalized spacial score (nSPS) is 13.1. The number of aromatic nitrogens is 2. The first-order valence-electron chi connectivity index (χ1n) is 10.2. The monoisotopic (exact) mass is 416 g/mol. The van der Waals surface area contributed by atoms with Crippen LogP contribution in [0.25, 0.3) is 11.4 Å². The lowest BCUT2D eigenvalue weighted by Gasteiger charge is -2.31. The predicted octanol–water partition coefficient (Wildman–Crippen LogP) is 3.96. The van der Waals surface area contributed by atoms with Crippen molar-refractivity contribution >= 4 is 12.0 Å². The van der Waals surface area contributed by atoms with Gasteiger partial charge in [-0.3, -0.25) is 9.63 Å². The Kier molecular flexibility index (Phi) is 7.61. The Morgan fingerprint density at radius 1 is 1.10 bits per heavy atom. The third-order valence-corrected chi connectivity index (χ3v) is 4.45. The van der Waals surface area contributed by atoms with Crippen molar-refractivity contribution in [2.75, 3.05) is 20.7 Å². The van der Waals surface area contributed by atoms with E-state index in [0.717, 1.165) is 10.6 Å². The van der Waals surface area contributed by atoms with Gasteiger partial charge in [-0.2, -0.15) is 0 Å². The van der Waals surface area contributed by atoms with Gasteiger partial charge in [0.1, 0.15) is 11.4 Å². The van der Waals surface area contributed by atoms with Crippen LogP contribution < -0.4 is 0 Å². The van der Waals surface area contributed by atoms with Gasteiger partial charge in [0, 0.05) is 25.7 Å². The lowest BCUT2D eigenvalue weighted by atomic mass is 10.2. The van der Waals surface area contributed by atoms with E-state index in [9.17, 15) is 9.59 Å². The van der Waals surface area contributed by atoms with Gasteiger partial charge >= 0.3 is 6.09 Å². The Balaban J connectivity index is 0.00000155. The van der Waals surface area contributed by atoms with E-state index in [1.54, 1.807) is 4.90 Å². The number of benzene rings is 1. The van der Waals surface area contributed by atoms with Crippen LogP contribution in [0.2, 0.25) is 0 Å². The number of fused-ring (bicyclic) bond motifs is 1. The SMILES string of the molecule is CC.CON(C)C(=O)c1nc(-c2ccccc2)n2c1CN(C(=O)OC(C)(C)C)CC2. The second-order valence-corrected chi connectivity index (χ2v) is 7.64. The molecule has 2 heterocycles. The van der Waals surface area contributed by atoms with Gasteiger partial charge in [-0.05, 0) is 20.8 Å². The maximum atomic E-state index is 12.8. The van der Waals surface area contributed by atoms with Crippen LogP contribution in [0.3, 0.4) is 0 Å². The summed E-state index contributed by atoms with van der Waals surface area (Å²) in [5.74, 6) is 0.340. The second-order valence-electron chi connectivity index (χ2n) is 7.64. The average Bonchev–Trinajstić information content (AvgIpc) is 3.12. The average molecular weight is 417 g/mol. The van der Waals surface area contributed by atoms with Crippen molar-refractivity contribution in [3.63, 3.8) is 0 Å². The molecule has 0 fully saturated rings. The Labute approximate surface area is 178 Å². The van der Waals surface area contributed by atoms with Crippen molar-refractivity contribution in [3.05, 3.63) is 41.7 Å². The molecule has 0 saturated carbocycles. The van der Waals surface area contributed by atoms with Crippen molar-refractivity contribution in [2.24, 2.45) is 0 Å². The summed E-state index contributed by atoms with van der Waals surface area (Å²) in [4.78, 5) is 36.6. The standard InChI is InChI=1S/C20H26N4O4.C2H6/c1-20(2,3)28-19(26)23-11-12-24-15(13-23)16(18(25)22(4)27-5)21-17(24)14-9-7-6-8-10-14;1-2/h6-10H,11-13H2,1-5H3;1-2H3. The molecule has 0 aliphatic carbocycles. The fraction of sp³-hybridized carbons (Fsp3) is 0.500. The highest BCUT2D eigenvalue weighted by atomic mass is 16.7. The molecule has 0 unspecified atom stereocenters. The van der Waals surface area contributed by atoms with Crippen molar-refractivity contribution in [2.45, 2.75) is 53.3 Å². The second kappa shape index (κ2) is 9.75. The first-order valence-corrected chi connectivity index (χ1v) is 10.2. The molecule has 0 atom stereocenters. The third kappa shape index (κ3) is 5.18. The maximum absolute atomic E-state index is 12.8. The number of hydroxylamine groups is 2. The Morgan fingerprint density at radius 2 is 1.73 bits per heavy atom. The van der Waals surface area contributed by atoms with Crippen LogP contribution in [0.5, 0.6) is 0 Å². The summed E-state index contributed by atoms with van der Waals surface area (Å²) in [6.45, 7) is 10.7. The number of carbonyl (C=O) groups is 2. The lowest BCUT2D eigenvalue weighted by Crippen LogP contribution is -2.42. The van der Waals surface area contributed by atoms with Gasteiger partial charge in [-0.15, -0.1) is 0 Å². The van der Waals surface area contributed by atoms with Crippen molar-refractivity contribution in [1.82, 2.24) is 19.5 Å². The Morgan fingerprint density at radius 3 is 2.30 bits per heavy atom. The van der Waals surface area contributed by atoms with E-state index < -0.39 is 11.7 Å². The molecular formula is C22H32N4O4. The molecule has 2 amide bonds. The van der Waals surface area contributed by atoms with Crippen LogP contribution >= 0.6 is 0 Å². The molecule has 0 bridgehead atoms. The molecule has 30 heavy (non-hydrogen) atoms. The largest absolute Gasteiger partial charge is 0.444 e. The zero-order chi connectivity index (χ0) is 22.5. The summed E-state index contributed by atoms with van der Waals surface area (Å²) in [7, 11) is 2.95. The third-order valence-electron chi connectivity index (χ3n) is 4.45. The van der Waals surface area contributed by atoms with E-state index in [-0.39, 0.29) is 18.1 Å². The van der Waals surface area contributed by atoms with E-state index in [1.165, 1.54) is 14.2 Å². The molecule has 3 rings (SSSR count). The highest BCUT2D eigenvalue weighted by Gasteiger charge is 2.32. The van der Waals surface area contributed by atoms with E-state index in [2.05, 4.69) is 4.98 Å². The molecule has 164 valence electrons. The fourth-order valence-electron chi connectivity index (χ4n) is 3.06. The summed E-state index contributed by atoms with van der Waals surface area (Å²) in [6, 6.07) is 9.68. The molecule has 1 aliphatic rings. The van der Waals surface area contributed by atoms with Crippen LogP contribution in [0, 0.1) is 0 Å². The minimum atomic E-state index is -0.584. The van der Waals surface area contributed by atoms with Crippen molar-refractivity contribution in [1.29, 1.82) is 0 Å². The van der Waals surface area contributed by atoms with Gasteiger partial charge in [-0.25, -0.2) is 14.8 Å². The Hall–Kier alpha value is -2.87. The summed E-state index contributed by atoms with van der Waals surface area (Å²) in [6.07, 6.45) is -0.403. The number of carbonyl (C=O) groups excluding carboxylic acids is 2. The summed E-state index contributed by atoms with van der Waals surface area (Å²) in [5, 5.41) is 1.13. The first-order chi connectivity index (χ1) is 14.2. The molecular weight excluding hydrogens is 384 g/mol. The topological polar surface area (TPSA) is 76.9 Å². The Bertz CT molecular complexity index is 871. The zero-order valence-corrected chi connectivity index (χ0v) is 18.9. The van der Waals surface area contributed by atoms with Gasteiger partial charge in [-0.1, -0.05) is 44.2 Å². The number of ether oxygens (including phenoxy) is 1. The minimum absolute atomic E-state index is 0.243. The lowest BCUT2D eigenvalue weighted by molar-refractivity contribution is -0.0761. The molecule has 2 aromatic rings. The molecule has 1 aromatic carbocycles. The van der Waals surface area contributed by atoms with Crippen LogP contribution in [0.1, 0.15) is 50.8 Å². The van der Waals surface area contributed by atoms with Crippen molar-refractivity contribution < 1.29 is 19.2 Å². The van der Waals surface area contributed by atoms with Gasteiger partial charge in [0.15, 0.2) is 5.69 Å². The first kappa shape index (κ1) is 23.4. The smallest absolute Gasteiger partial charge is 0.410 e. The molecule has 1 aromatic heterocycles. The van der Waals surface area contributed by atoms with E-state index in [4.69, 9.17) is 9.57 Å². The number of rotatable bonds is 3. The highest BCUT2D eigenvalue weighted by molar-refractivity contribution is 5.93. The van der Waals surface area contributed by atoms with Crippen LogP contribution in [0.4, 0.5) is 4.79 Å². The van der Waals surface area contributed by atoms with Crippen LogP contribution in [-0.2, 0) is 22.7 Å². The van der Waals surface area contributed by atoms with Gasteiger partial charge in [0.2, 0.25) is 0 Å². The molecule has 0 N–H and O–H groups in total. The maximum Gasteiger partial charge on any atom is 0.410 e. The quantitative estimate of drug-likeness (QED) is 0.708. The number of hydrogen-bond acceptors (Lipinski definition) is 5. The van der Waals surface area contributed by atoms with E-state index in [0.29, 0.717) is 24.6 Å². The van der Waals surface area contributed by atoms with Gasteiger partial charge in [0.25, 0.3) is 5.91 Å². The van der Waals surface area contributed by atoms with Crippen molar-refractivity contribution in [3.8, 4) is 11.4 Å². The molecule has 8 heteroatoms. The van der Waals surface area contributed by atoms with Crippen LogP contribution in [-0.4, -0.2) is 57.8 Å². The number of imidazole rings is 1. The molecule has 0 radical (unpaired) electrons. The summed E-state index contributed by atoms with van der Waals surface area (Å²) >= 11 is 0. The number of hydrogen-bond donors (Lipinski definition) is 0.